The van der Waals surface area contributed by atoms with Crippen LogP contribution in [0.25, 0.3) is 0 Å². The maximum atomic E-state index is 5.58. The summed E-state index contributed by atoms with van der Waals surface area (Å²) in [5.74, 6) is 1.21. The van der Waals surface area contributed by atoms with Crippen molar-refractivity contribution in [1.29, 1.82) is 0 Å². The standard InChI is InChI=1S/C8H14O2/c1-5-3-9-8-6(2)4-10-7(5)8/h5-8H,3-4H2,1-2H3/t5-,6?,7-,8-/m1/s1. The van der Waals surface area contributed by atoms with Crippen LogP contribution >= 0.6 is 0 Å². The van der Waals surface area contributed by atoms with E-state index in [1.165, 1.54) is 0 Å². The molecule has 2 heterocycles. The van der Waals surface area contributed by atoms with Crippen LogP contribution in [0, 0.1) is 11.8 Å². The minimum atomic E-state index is 0.398. The first-order valence-corrected chi connectivity index (χ1v) is 4.02. The first-order chi connectivity index (χ1) is 4.79. The highest BCUT2D eigenvalue weighted by Crippen LogP contribution is 2.33. The fourth-order valence-electron chi connectivity index (χ4n) is 1.88. The molecule has 0 radical (unpaired) electrons. The summed E-state index contributed by atoms with van der Waals surface area (Å²) in [5.41, 5.74) is 0. The number of hydrogen-bond acceptors (Lipinski definition) is 2. The normalized spacial score (nSPS) is 53.4. The zero-order chi connectivity index (χ0) is 7.14. The van der Waals surface area contributed by atoms with Gasteiger partial charge in [-0.25, -0.2) is 0 Å². The highest BCUT2D eigenvalue weighted by molar-refractivity contribution is 4.90. The summed E-state index contributed by atoms with van der Waals surface area (Å²) in [7, 11) is 0. The minimum Gasteiger partial charge on any atom is -0.375 e. The van der Waals surface area contributed by atoms with Gasteiger partial charge in [-0.05, 0) is 0 Å². The molecular weight excluding hydrogens is 128 g/mol. The SMILES string of the molecule is CC1CO[C@@H]2[C@H](C)CO[C@H]12. The molecule has 0 aromatic carbocycles. The largest absolute Gasteiger partial charge is 0.375 e. The summed E-state index contributed by atoms with van der Waals surface area (Å²) < 4.78 is 11.2. The average Bonchev–Trinajstić information content (AvgIpc) is 2.41. The molecule has 0 aromatic heterocycles. The second-order valence-corrected chi connectivity index (χ2v) is 3.55. The van der Waals surface area contributed by atoms with Crippen LogP contribution in [0.15, 0.2) is 0 Å². The molecule has 2 saturated heterocycles. The first kappa shape index (κ1) is 6.62. The molecule has 0 bridgehead atoms. The van der Waals surface area contributed by atoms with Crippen molar-refractivity contribution in [2.24, 2.45) is 11.8 Å². The molecule has 0 amide bonds. The number of ether oxygens (including phenoxy) is 2. The Morgan fingerprint density at radius 1 is 0.900 bits per heavy atom. The van der Waals surface area contributed by atoms with Crippen LogP contribution in [0.5, 0.6) is 0 Å². The van der Waals surface area contributed by atoms with E-state index in [0.29, 0.717) is 24.0 Å². The molecule has 4 atom stereocenters. The number of rotatable bonds is 0. The van der Waals surface area contributed by atoms with E-state index in [0.717, 1.165) is 13.2 Å². The highest BCUT2D eigenvalue weighted by atomic mass is 16.6. The van der Waals surface area contributed by atoms with Crippen LogP contribution in [0.1, 0.15) is 13.8 Å². The zero-order valence-electron chi connectivity index (χ0n) is 6.54. The molecule has 58 valence electrons. The van der Waals surface area contributed by atoms with E-state index in [2.05, 4.69) is 13.8 Å². The molecule has 10 heavy (non-hydrogen) atoms. The molecular formula is C8H14O2. The smallest absolute Gasteiger partial charge is 0.0887 e. The Labute approximate surface area is 61.5 Å². The molecule has 2 aliphatic rings. The Bertz CT molecular complexity index is 119. The minimum absolute atomic E-state index is 0.398. The van der Waals surface area contributed by atoms with Gasteiger partial charge in [-0.2, -0.15) is 0 Å². The van der Waals surface area contributed by atoms with Gasteiger partial charge in [0, 0.05) is 11.8 Å². The van der Waals surface area contributed by atoms with Gasteiger partial charge >= 0.3 is 0 Å². The Morgan fingerprint density at radius 2 is 1.30 bits per heavy atom. The van der Waals surface area contributed by atoms with Crippen molar-refractivity contribution >= 4 is 0 Å². The Kier molecular flexibility index (Phi) is 1.46. The number of fused-ring (bicyclic) bond motifs is 1. The van der Waals surface area contributed by atoms with Gasteiger partial charge in [-0.3, -0.25) is 0 Å². The quantitative estimate of drug-likeness (QED) is 0.503. The lowest BCUT2D eigenvalue weighted by molar-refractivity contribution is 0.0627. The third kappa shape index (κ3) is 0.789. The molecule has 0 N–H and O–H groups in total. The first-order valence-electron chi connectivity index (χ1n) is 4.02. The Hall–Kier alpha value is -0.0800. The van der Waals surface area contributed by atoms with Gasteiger partial charge in [0.25, 0.3) is 0 Å². The van der Waals surface area contributed by atoms with Crippen LogP contribution in [-0.4, -0.2) is 25.4 Å². The van der Waals surface area contributed by atoms with Crippen molar-refractivity contribution < 1.29 is 9.47 Å². The highest BCUT2D eigenvalue weighted by Gasteiger charge is 2.43. The molecule has 2 nitrogen and oxygen atoms in total. The van der Waals surface area contributed by atoms with Crippen molar-refractivity contribution in [3.8, 4) is 0 Å². The zero-order valence-corrected chi connectivity index (χ0v) is 6.54. The fourth-order valence-corrected chi connectivity index (χ4v) is 1.88. The van der Waals surface area contributed by atoms with E-state index in [1.807, 2.05) is 0 Å². The maximum Gasteiger partial charge on any atom is 0.0887 e. The van der Waals surface area contributed by atoms with Crippen LogP contribution in [0.4, 0.5) is 0 Å². The molecule has 1 unspecified atom stereocenters. The van der Waals surface area contributed by atoms with E-state index in [4.69, 9.17) is 9.47 Å². The molecule has 0 saturated carbocycles. The Morgan fingerprint density at radius 3 is 1.70 bits per heavy atom. The summed E-state index contributed by atoms with van der Waals surface area (Å²) >= 11 is 0. The molecule has 0 spiro atoms. The van der Waals surface area contributed by atoms with Crippen LogP contribution < -0.4 is 0 Å². The topological polar surface area (TPSA) is 18.5 Å². The molecule has 0 aliphatic carbocycles. The second kappa shape index (κ2) is 2.21. The summed E-state index contributed by atoms with van der Waals surface area (Å²) in [4.78, 5) is 0. The second-order valence-electron chi connectivity index (χ2n) is 3.55. The van der Waals surface area contributed by atoms with Crippen LogP contribution in [0.2, 0.25) is 0 Å². The predicted octanol–water partition coefficient (Wildman–Crippen LogP) is 1.06. The summed E-state index contributed by atoms with van der Waals surface area (Å²) in [5, 5.41) is 0. The van der Waals surface area contributed by atoms with Gasteiger partial charge in [-0.1, -0.05) is 13.8 Å². The third-order valence-corrected chi connectivity index (χ3v) is 2.55. The third-order valence-electron chi connectivity index (χ3n) is 2.55. The molecule has 2 aliphatic heterocycles. The lowest BCUT2D eigenvalue weighted by atomic mass is 9.99. The van der Waals surface area contributed by atoms with Crippen molar-refractivity contribution in [1.82, 2.24) is 0 Å². The average molecular weight is 142 g/mol. The molecule has 2 fully saturated rings. The van der Waals surface area contributed by atoms with E-state index in [-0.39, 0.29) is 0 Å². The van der Waals surface area contributed by atoms with Gasteiger partial charge < -0.3 is 9.47 Å². The van der Waals surface area contributed by atoms with Gasteiger partial charge in [0.15, 0.2) is 0 Å². The monoisotopic (exact) mass is 142 g/mol. The van der Waals surface area contributed by atoms with Gasteiger partial charge in [0.2, 0.25) is 0 Å². The van der Waals surface area contributed by atoms with Crippen molar-refractivity contribution in [2.75, 3.05) is 13.2 Å². The molecule has 2 rings (SSSR count). The van der Waals surface area contributed by atoms with Crippen molar-refractivity contribution in [2.45, 2.75) is 26.1 Å². The van der Waals surface area contributed by atoms with Crippen molar-refractivity contribution in [3.63, 3.8) is 0 Å². The van der Waals surface area contributed by atoms with E-state index < -0.39 is 0 Å². The Balaban J connectivity index is 2.09. The fraction of sp³-hybridized carbons (Fsp3) is 1.00. The summed E-state index contributed by atoms with van der Waals surface area (Å²) in [6.07, 6.45) is 0.796. The predicted molar refractivity (Wildman–Crippen MR) is 37.8 cm³/mol. The van der Waals surface area contributed by atoms with E-state index >= 15 is 0 Å². The van der Waals surface area contributed by atoms with Crippen LogP contribution in [0.3, 0.4) is 0 Å². The van der Waals surface area contributed by atoms with E-state index in [9.17, 15) is 0 Å². The van der Waals surface area contributed by atoms with Gasteiger partial charge in [0.1, 0.15) is 0 Å². The van der Waals surface area contributed by atoms with Gasteiger partial charge in [-0.15, -0.1) is 0 Å². The van der Waals surface area contributed by atoms with Crippen molar-refractivity contribution in [3.05, 3.63) is 0 Å². The van der Waals surface area contributed by atoms with Crippen LogP contribution in [-0.2, 0) is 9.47 Å². The van der Waals surface area contributed by atoms with E-state index in [1.54, 1.807) is 0 Å². The molecule has 0 aromatic rings. The maximum absolute atomic E-state index is 5.58. The lowest BCUT2D eigenvalue weighted by Gasteiger charge is -2.10. The number of hydrogen-bond donors (Lipinski definition) is 0. The molecule has 2 heteroatoms. The summed E-state index contributed by atoms with van der Waals surface area (Å²) in [6, 6.07) is 0. The van der Waals surface area contributed by atoms with Gasteiger partial charge in [0.05, 0.1) is 25.4 Å². The lowest BCUT2D eigenvalue weighted by Crippen LogP contribution is -2.23. The summed E-state index contributed by atoms with van der Waals surface area (Å²) in [6.45, 7) is 6.17.